The molecule has 1 aromatic heterocycles. The SMILES string of the molecule is NC(=Nc1ccccc1)N1CCS(N)(c2ccccn2)CC1. The van der Waals surface area contributed by atoms with E-state index in [4.69, 9.17) is 10.9 Å². The van der Waals surface area contributed by atoms with Crippen LogP contribution in [0.1, 0.15) is 0 Å². The van der Waals surface area contributed by atoms with E-state index >= 15 is 0 Å². The van der Waals surface area contributed by atoms with Crippen molar-refractivity contribution in [2.75, 3.05) is 24.6 Å². The number of hydrogen-bond acceptors (Lipinski definition) is 3. The molecule has 1 aliphatic rings. The predicted octanol–water partition coefficient (Wildman–Crippen LogP) is 2.08. The summed E-state index contributed by atoms with van der Waals surface area (Å²) in [5.41, 5.74) is 7.01. The van der Waals surface area contributed by atoms with E-state index in [1.807, 2.05) is 54.7 Å². The minimum atomic E-state index is -1.32. The average Bonchev–Trinajstić information content (AvgIpc) is 2.57. The zero-order valence-corrected chi connectivity index (χ0v) is 13.2. The number of aromatic nitrogens is 1. The molecule has 1 aromatic carbocycles. The second-order valence-electron chi connectivity index (χ2n) is 5.31. The monoisotopic (exact) mass is 315 g/mol. The van der Waals surface area contributed by atoms with Gasteiger partial charge in [-0.25, -0.2) is 4.99 Å². The summed E-state index contributed by atoms with van der Waals surface area (Å²) >= 11 is 0. The van der Waals surface area contributed by atoms with Crippen LogP contribution in [0.4, 0.5) is 5.69 Å². The van der Waals surface area contributed by atoms with Gasteiger partial charge in [0.2, 0.25) is 0 Å². The third kappa shape index (κ3) is 3.23. The highest BCUT2D eigenvalue weighted by Gasteiger charge is 2.29. The molecular formula is C16H21N5S. The van der Waals surface area contributed by atoms with E-state index in [2.05, 4.69) is 14.9 Å². The standard InChI is InChI=1S/C16H21N5S/c17-16(20-14-6-2-1-3-7-14)21-10-12-22(18,13-11-21)15-8-4-5-9-19-15/h1-9H,10-13,18H2,(H2,17,20). The quantitative estimate of drug-likeness (QED) is 0.657. The van der Waals surface area contributed by atoms with Gasteiger partial charge in [0.15, 0.2) is 5.96 Å². The van der Waals surface area contributed by atoms with Crippen LogP contribution in [0.2, 0.25) is 0 Å². The molecule has 0 saturated carbocycles. The number of nitrogens with zero attached hydrogens (tertiary/aromatic N) is 3. The van der Waals surface area contributed by atoms with Crippen LogP contribution >= 0.6 is 10.2 Å². The van der Waals surface area contributed by atoms with Gasteiger partial charge in [0.1, 0.15) is 0 Å². The Hall–Kier alpha value is -2.05. The first-order valence-electron chi connectivity index (χ1n) is 7.29. The molecule has 0 spiro atoms. The molecule has 1 fully saturated rings. The number of rotatable bonds is 2. The second kappa shape index (κ2) is 6.37. The molecule has 2 heterocycles. The molecule has 1 aliphatic heterocycles. The lowest BCUT2D eigenvalue weighted by Gasteiger charge is -2.43. The van der Waals surface area contributed by atoms with Crippen LogP contribution in [0.25, 0.3) is 0 Å². The third-order valence-corrected chi connectivity index (χ3v) is 6.73. The Balaban J connectivity index is 1.68. The van der Waals surface area contributed by atoms with Gasteiger partial charge in [-0.3, -0.25) is 10.1 Å². The summed E-state index contributed by atoms with van der Waals surface area (Å²) in [6, 6.07) is 15.7. The molecule has 1 saturated heterocycles. The fraction of sp³-hybridized carbons (Fsp3) is 0.250. The van der Waals surface area contributed by atoms with E-state index in [-0.39, 0.29) is 0 Å². The predicted molar refractivity (Wildman–Crippen MR) is 93.3 cm³/mol. The van der Waals surface area contributed by atoms with Gasteiger partial charge < -0.3 is 10.6 Å². The van der Waals surface area contributed by atoms with E-state index < -0.39 is 10.2 Å². The van der Waals surface area contributed by atoms with Crippen molar-refractivity contribution in [1.82, 2.24) is 9.88 Å². The van der Waals surface area contributed by atoms with E-state index in [0.717, 1.165) is 35.3 Å². The van der Waals surface area contributed by atoms with Gasteiger partial charge in [-0.15, -0.1) is 10.2 Å². The van der Waals surface area contributed by atoms with Gasteiger partial charge in [0.05, 0.1) is 10.7 Å². The van der Waals surface area contributed by atoms with Gasteiger partial charge in [-0.1, -0.05) is 24.3 Å². The summed E-state index contributed by atoms with van der Waals surface area (Å²) in [5, 5.41) is 7.64. The summed E-state index contributed by atoms with van der Waals surface area (Å²) in [7, 11) is -1.32. The molecular weight excluding hydrogens is 294 g/mol. The van der Waals surface area contributed by atoms with Crippen LogP contribution in [0, 0.1) is 0 Å². The summed E-state index contributed by atoms with van der Waals surface area (Å²) in [6.07, 6.45) is 1.81. The van der Waals surface area contributed by atoms with Crippen molar-refractivity contribution in [3.63, 3.8) is 0 Å². The smallest absolute Gasteiger partial charge is 0.196 e. The molecule has 3 rings (SSSR count). The zero-order chi connectivity index (χ0) is 15.4. The van der Waals surface area contributed by atoms with Crippen molar-refractivity contribution in [2.24, 2.45) is 15.9 Å². The van der Waals surface area contributed by atoms with E-state index in [9.17, 15) is 0 Å². The first kappa shape index (κ1) is 14.9. The molecule has 0 bridgehead atoms. The van der Waals surface area contributed by atoms with Gasteiger partial charge in [0, 0.05) is 30.8 Å². The highest BCUT2D eigenvalue weighted by molar-refractivity contribution is 8.31. The van der Waals surface area contributed by atoms with Gasteiger partial charge >= 0.3 is 0 Å². The van der Waals surface area contributed by atoms with Crippen molar-refractivity contribution >= 4 is 21.9 Å². The van der Waals surface area contributed by atoms with Crippen molar-refractivity contribution in [3.05, 3.63) is 54.7 Å². The second-order valence-corrected chi connectivity index (χ2v) is 8.44. The van der Waals surface area contributed by atoms with Crippen LogP contribution in [0.3, 0.4) is 0 Å². The molecule has 4 N–H and O–H groups in total. The number of nitrogens with two attached hydrogens (primary N) is 2. The topological polar surface area (TPSA) is 80.5 Å². The summed E-state index contributed by atoms with van der Waals surface area (Å²) in [6.45, 7) is 1.65. The molecule has 0 atom stereocenters. The zero-order valence-electron chi connectivity index (χ0n) is 12.4. The Morgan fingerprint density at radius 3 is 2.36 bits per heavy atom. The third-order valence-electron chi connectivity index (χ3n) is 3.83. The van der Waals surface area contributed by atoms with E-state index in [0.29, 0.717) is 5.96 Å². The fourth-order valence-corrected chi connectivity index (χ4v) is 4.83. The molecule has 0 radical (unpaired) electrons. The molecule has 0 unspecified atom stereocenters. The highest BCUT2D eigenvalue weighted by Crippen LogP contribution is 2.48. The maximum atomic E-state index is 6.61. The first-order chi connectivity index (χ1) is 10.7. The Kier molecular flexibility index (Phi) is 4.31. The van der Waals surface area contributed by atoms with Crippen molar-refractivity contribution in [1.29, 1.82) is 0 Å². The molecule has 6 heteroatoms. The molecule has 2 aromatic rings. The van der Waals surface area contributed by atoms with Crippen LogP contribution in [0.15, 0.2) is 64.7 Å². The minimum Gasteiger partial charge on any atom is -0.369 e. The Morgan fingerprint density at radius 2 is 1.73 bits per heavy atom. The lowest BCUT2D eigenvalue weighted by Crippen LogP contribution is -2.47. The van der Waals surface area contributed by atoms with Crippen molar-refractivity contribution in [2.45, 2.75) is 5.03 Å². The highest BCUT2D eigenvalue weighted by atomic mass is 32.3. The molecule has 5 nitrogen and oxygen atoms in total. The fourth-order valence-electron chi connectivity index (χ4n) is 2.49. The number of pyridine rings is 1. The number of para-hydroxylation sites is 1. The van der Waals surface area contributed by atoms with Crippen LogP contribution in [0.5, 0.6) is 0 Å². The lowest BCUT2D eigenvalue weighted by atomic mass is 10.3. The maximum Gasteiger partial charge on any atom is 0.196 e. The Bertz CT molecular complexity index is 636. The van der Waals surface area contributed by atoms with Crippen LogP contribution < -0.4 is 10.9 Å². The van der Waals surface area contributed by atoms with Crippen molar-refractivity contribution < 1.29 is 0 Å². The molecule has 0 amide bonds. The maximum absolute atomic E-state index is 6.61. The molecule has 116 valence electrons. The molecule has 22 heavy (non-hydrogen) atoms. The van der Waals surface area contributed by atoms with Gasteiger partial charge in [-0.2, -0.15) is 0 Å². The minimum absolute atomic E-state index is 0.564. The average molecular weight is 315 g/mol. The number of hydrogen-bond donors (Lipinski definition) is 2. The number of guanidine groups is 1. The van der Waals surface area contributed by atoms with E-state index in [1.165, 1.54) is 0 Å². The largest absolute Gasteiger partial charge is 0.369 e. The van der Waals surface area contributed by atoms with Crippen LogP contribution in [-0.2, 0) is 0 Å². The number of aliphatic imine (C=N–C) groups is 1. The summed E-state index contributed by atoms with van der Waals surface area (Å²) < 4.78 is 0. The van der Waals surface area contributed by atoms with Gasteiger partial charge in [0.25, 0.3) is 0 Å². The number of benzene rings is 1. The lowest BCUT2D eigenvalue weighted by molar-refractivity contribution is 0.453. The van der Waals surface area contributed by atoms with Crippen LogP contribution in [-0.4, -0.2) is 40.4 Å². The van der Waals surface area contributed by atoms with Crippen molar-refractivity contribution in [3.8, 4) is 0 Å². The Labute approximate surface area is 132 Å². The van der Waals surface area contributed by atoms with E-state index in [1.54, 1.807) is 0 Å². The molecule has 0 aliphatic carbocycles. The Morgan fingerprint density at radius 1 is 1.05 bits per heavy atom. The summed E-state index contributed by atoms with van der Waals surface area (Å²) in [5.74, 6) is 2.36. The first-order valence-corrected chi connectivity index (χ1v) is 9.32. The normalized spacial score (nSPS) is 19.7. The summed E-state index contributed by atoms with van der Waals surface area (Å²) in [4.78, 5) is 11.0. The van der Waals surface area contributed by atoms with Gasteiger partial charge in [-0.05, 0) is 24.3 Å².